The molecule has 2 aromatic rings. The first-order chi connectivity index (χ1) is 8.25. The van der Waals surface area contributed by atoms with Crippen LogP contribution in [0.25, 0.3) is 11.4 Å². The molecule has 0 atom stereocenters. The van der Waals surface area contributed by atoms with Crippen molar-refractivity contribution in [1.82, 2.24) is 25.5 Å². The zero-order valence-corrected chi connectivity index (χ0v) is 9.34. The highest BCUT2D eigenvalue weighted by Crippen LogP contribution is 2.23. The number of hydrogen-bond donors (Lipinski definition) is 1. The molecular formula is C11H11N5O. The van der Waals surface area contributed by atoms with Gasteiger partial charge in [-0.3, -0.25) is 4.79 Å². The monoisotopic (exact) mass is 229 g/mol. The van der Waals surface area contributed by atoms with Crippen LogP contribution in [-0.2, 0) is 6.42 Å². The summed E-state index contributed by atoms with van der Waals surface area (Å²) in [5, 5.41) is 13.7. The minimum atomic E-state index is 0.0524. The van der Waals surface area contributed by atoms with Crippen LogP contribution in [0.3, 0.4) is 0 Å². The highest BCUT2D eigenvalue weighted by molar-refractivity contribution is 5.97. The summed E-state index contributed by atoms with van der Waals surface area (Å²) < 4.78 is 0. The van der Waals surface area contributed by atoms with Crippen LogP contribution in [0.1, 0.15) is 15.9 Å². The van der Waals surface area contributed by atoms with Gasteiger partial charge >= 0.3 is 0 Å². The molecule has 0 saturated carbocycles. The molecule has 17 heavy (non-hydrogen) atoms. The number of carbonyl (C=O) groups excluding carboxylic acids is 1. The van der Waals surface area contributed by atoms with Crippen molar-refractivity contribution in [2.75, 3.05) is 13.6 Å². The molecule has 2 heterocycles. The Morgan fingerprint density at radius 1 is 1.41 bits per heavy atom. The third-order valence-corrected chi connectivity index (χ3v) is 3.01. The number of rotatable bonds is 1. The average molecular weight is 229 g/mol. The number of amides is 1. The third-order valence-electron chi connectivity index (χ3n) is 3.01. The Balaban J connectivity index is 2.09. The molecule has 0 fully saturated rings. The molecule has 1 aromatic heterocycles. The predicted molar refractivity (Wildman–Crippen MR) is 60.3 cm³/mol. The minimum Gasteiger partial charge on any atom is -0.341 e. The lowest BCUT2D eigenvalue weighted by atomic mass is 9.97. The molecule has 6 heteroatoms. The van der Waals surface area contributed by atoms with E-state index in [-0.39, 0.29) is 5.91 Å². The summed E-state index contributed by atoms with van der Waals surface area (Å²) >= 11 is 0. The second-order valence-corrected chi connectivity index (χ2v) is 4.08. The molecule has 0 radical (unpaired) electrons. The fraction of sp³-hybridized carbons (Fsp3) is 0.273. The molecule has 1 amide bonds. The van der Waals surface area contributed by atoms with E-state index in [9.17, 15) is 4.79 Å². The fourth-order valence-corrected chi connectivity index (χ4v) is 2.01. The largest absolute Gasteiger partial charge is 0.341 e. The van der Waals surface area contributed by atoms with Crippen molar-refractivity contribution >= 4 is 5.91 Å². The molecule has 0 unspecified atom stereocenters. The first-order valence-electron chi connectivity index (χ1n) is 5.38. The van der Waals surface area contributed by atoms with Crippen molar-refractivity contribution in [3.63, 3.8) is 0 Å². The van der Waals surface area contributed by atoms with Crippen LogP contribution in [0.15, 0.2) is 18.2 Å². The van der Waals surface area contributed by atoms with Gasteiger partial charge in [-0.25, -0.2) is 0 Å². The van der Waals surface area contributed by atoms with Gasteiger partial charge in [0.15, 0.2) is 0 Å². The van der Waals surface area contributed by atoms with Gasteiger partial charge in [-0.1, -0.05) is 12.1 Å². The fourth-order valence-electron chi connectivity index (χ4n) is 2.01. The molecule has 1 aliphatic rings. The van der Waals surface area contributed by atoms with E-state index in [0.29, 0.717) is 5.82 Å². The second-order valence-electron chi connectivity index (χ2n) is 4.08. The number of tetrazole rings is 1. The number of carbonyl (C=O) groups is 1. The highest BCUT2D eigenvalue weighted by Gasteiger charge is 2.22. The highest BCUT2D eigenvalue weighted by atomic mass is 16.2. The molecule has 1 aliphatic heterocycles. The lowest BCUT2D eigenvalue weighted by Crippen LogP contribution is -2.34. The number of nitrogens with one attached hydrogen (secondary N) is 1. The molecule has 0 aliphatic carbocycles. The maximum Gasteiger partial charge on any atom is 0.253 e. The predicted octanol–water partition coefficient (Wildman–Crippen LogP) is 0.495. The number of hydrogen-bond acceptors (Lipinski definition) is 4. The summed E-state index contributed by atoms with van der Waals surface area (Å²) in [5.74, 6) is 0.561. The van der Waals surface area contributed by atoms with Crippen LogP contribution in [0, 0.1) is 0 Å². The van der Waals surface area contributed by atoms with E-state index in [1.165, 1.54) is 0 Å². The van der Waals surface area contributed by atoms with Gasteiger partial charge in [0.25, 0.3) is 5.91 Å². The Hall–Kier alpha value is -2.24. The molecule has 0 saturated heterocycles. The van der Waals surface area contributed by atoms with Gasteiger partial charge in [-0.15, -0.1) is 10.2 Å². The zero-order valence-electron chi connectivity index (χ0n) is 9.34. The van der Waals surface area contributed by atoms with Gasteiger partial charge in [-0.05, 0) is 23.3 Å². The van der Waals surface area contributed by atoms with Crippen LogP contribution in [0.4, 0.5) is 0 Å². The lowest BCUT2D eigenvalue weighted by molar-refractivity contribution is 0.0781. The van der Waals surface area contributed by atoms with Gasteiger partial charge in [0.1, 0.15) is 0 Å². The first-order valence-corrected chi connectivity index (χ1v) is 5.38. The quantitative estimate of drug-likeness (QED) is 0.772. The molecule has 0 spiro atoms. The standard InChI is InChI=1S/C11H11N5O/c1-16-5-4-7-2-3-8(6-9(7)11(16)17)10-12-14-15-13-10/h2-3,6H,4-5H2,1H3,(H,12,13,14,15). The molecule has 1 N–H and O–H groups in total. The SMILES string of the molecule is CN1CCc2ccc(-c3nn[nH]n3)cc2C1=O. The maximum atomic E-state index is 12.0. The Bertz CT molecular complexity index is 563. The average Bonchev–Trinajstić information content (AvgIpc) is 2.87. The van der Waals surface area contributed by atoms with Crippen LogP contribution in [0.2, 0.25) is 0 Å². The molecule has 3 rings (SSSR count). The molecule has 86 valence electrons. The molecule has 6 nitrogen and oxygen atoms in total. The maximum absolute atomic E-state index is 12.0. The third kappa shape index (κ3) is 1.57. The van der Waals surface area contributed by atoms with Crippen molar-refractivity contribution in [1.29, 1.82) is 0 Å². The first kappa shape index (κ1) is 9.95. The number of aromatic nitrogens is 4. The Kier molecular flexibility index (Phi) is 2.14. The Labute approximate surface area is 97.6 Å². The molecule has 0 bridgehead atoms. The Morgan fingerprint density at radius 2 is 2.29 bits per heavy atom. The summed E-state index contributed by atoms with van der Waals surface area (Å²) in [6.07, 6.45) is 0.893. The molecular weight excluding hydrogens is 218 g/mol. The van der Waals surface area contributed by atoms with Crippen molar-refractivity contribution in [2.45, 2.75) is 6.42 Å². The van der Waals surface area contributed by atoms with Gasteiger partial charge in [0, 0.05) is 24.7 Å². The van der Waals surface area contributed by atoms with Crippen LogP contribution in [-0.4, -0.2) is 45.0 Å². The second kappa shape index (κ2) is 3.65. The normalized spacial score (nSPS) is 14.9. The number of likely N-dealkylation sites (N-methyl/N-ethyl adjacent to an activating group) is 1. The van der Waals surface area contributed by atoms with E-state index in [1.807, 2.05) is 25.2 Å². The van der Waals surface area contributed by atoms with Crippen LogP contribution in [0.5, 0.6) is 0 Å². The van der Waals surface area contributed by atoms with Gasteiger partial charge in [0.05, 0.1) is 0 Å². The minimum absolute atomic E-state index is 0.0524. The number of fused-ring (bicyclic) bond motifs is 1. The van der Waals surface area contributed by atoms with E-state index < -0.39 is 0 Å². The van der Waals surface area contributed by atoms with E-state index in [2.05, 4.69) is 20.6 Å². The number of benzene rings is 1. The van der Waals surface area contributed by atoms with Crippen LogP contribution >= 0.6 is 0 Å². The summed E-state index contributed by atoms with van der Waals surface area (Å²) in [6, 6.07) is 5.71. The number of nitrogens with zero attached hydrogens (tertiary/aromatic N) is 4. The van der Waals surface area contributed by atoms with E-state index >= 15 is 0 Å². The summed E-state index contributed by atoms with van der Waals surface area (Å²) in [4.78, 5) is 13.7. The lowest BCUT2D eigenvalue weighted by Gasteiger charge is -2.24. The van der Waals surface area contributed by atoms with Crippen molar-refractivity contribution in [3.8, 4) is 11.4 Å². The summed E-state index contributed by atoms with van der Waals surface area (Å²) in [6.45, 7) is 0.771. The van der Waals surface area contributed by atoms with Crippen molar-refractivity contribution in [2.24, 2.45) is 0 Å². The smallest absolute Gasteiger partial charge is 0.253 e. The van der Waals surface area contributed by atoms with E-state index in [0.717, 1.165) is 29.7 Å². The van der Waals surface area contributed by atoms with Gasteiger partial charge in [-0.2, -0.15) is 5.21 Å². The zero-order chi connectivity index (χ0) is 11.8. The van der Waals surface area contributed by atoms with Gasteiger partial charge in [0.2, 0.25) is 5.82 Å². The number of H-pyrrole nitrogens is 1. The number of aromatic amines is 1. The summed E-state index contributed by atoms with van der Waals surface area (Å²) in [5.41, 5.74) is 2.63. The van der Waals surface area contributed by atoms with Gasteiger partial charge < -0.3 is 4.90 Å². The van der Waals surface area contributed by atoms with Crippen molar-refractivity contribution in [3.05, 3.63) is 29.3 Å². The van der Waals surface area contributed by atoms with Crippen molar-refractivity contribution < 1.29 is 4.79 Å². The topological polar surface area (TPSA) is 74.8 Å². The van der Waals surface area contributed by atoms with E-state index in [4.69, 9.17) is 0 Å². The summed E-state index contributed by atoms with van der Waals surface area (Å²) in [7, 11) is 1.81. The van der Waals surface area contributed by atoms with Crippen LogP contribution < -0.4 is 0 Å². The molecule has 1 aromatic carbocycles. The Morgan fingerprint density at radius 3 is 3.06 bits per heavy atom. The van der Waals surface area contributed by atoms with E-state index in [1.54, 1.807) is 4.90 Å².